The van der Waals surface area contributed by atoms with Crippen LogP contribution < -0.4 is 0 Å². The Kier molecular flexibility index (Phi) is 3.69. The Labute approximate surface area is 98.0 Å². The van der Waals surface area contributed by atoms with Crippen molar-refractivity contribution in [3.63, 3.8) is 0 Å². The van der Waals surface area contributed by atoms with Crippen molar-refractivity contribution in [2.45, 2.75) is 6.04 Å². The number of ether oxygens (including phenoxy) is 1. The van der Waals surface area contributed by atoms with Crippen LogP contribution >= 0.6 is 0 Å². The quantitative estimate of drug-likeness (QED) is 0.791. The van der Waals surface area contributed by atoms with Crippen LogP contribution in [0.3, 0.4) is 0 Å². The van der Waals surface area contributed by atoms with Crippen molar-refractivity contribution < 1.29 is 17.9 Å². The van der Waals surface area contributed by atoms with E-state index in [-0.39, 0.29) is 5.56 Å². The van der Waals surface area contributed by atoms with Crippen molar-refractivity contribution in [1.82, 2.24) is 4.90 Å². The molecule has 1 radical (unpaired) electrons. The van der Waals surface area contributed by atoms with Gasteiger partial charge in [-0.2, -0.15) is 0 Å². The lowest BCUT2D eigenvalue weighted by molar-refractivity contribution is 0.0235. The highest BCUT2D eigenvalue weighted by molar-refractivity contribution is 5.25. The minimum Gasteiger partial charge on any atom is -0.379 e. The molecule has 1 aromatic carbocycles. The Bertz CT molecular complexity index is 382. The molecule has 2 rings (SSSR count). The second-order valence-corrected chi connectivity index (χ2v) is 3.95. The highest BCUT2D eigenvalue weighted by atomic mass is 19.1. The fraction of sp³-hybridized carbons (Fsp3) is 0.417. The molecule has 0 saturated carbocycles. The van der Waals surface area contributed by atoms with Crippen molar-refractivity contribution in [3.8, 4) is 0 Å². The normalized spacial score (nSPS) is 19.3. The molecule has 1 aromatic rings. The summed E-state index contributed by atoms with van der Waals surface area (Å²) in [7, 11) is 0. The topological polar surface area (TPSA) is 12.5 Å². The molecule has 17 heavy (non-hydrogen) atoms. The van der Waals surface area contributed by atoms with Crippen molar-refractivity contribution in [2.24, 2.45) is 0 Å². The molecule has 1 unspecified atom stereocenters. The van der Waals surface area contributed by atoms with Crippen LogP contribution in [0.25, 0.3) is 0 Å². The zero-order chi connectivity index (χ0) is 12.4. The number of halogens is 3. The second-order valence-electron chi connectivity index (χ2n) is 3.95. The van der Waals surface area contributed by atoms with Gasteiger partial charge in [0.15, 0.2) is 0 Å². The lowest BCUT2D eigenvalue weighted by Crippen LogP contribution is -2.38. The van der Waals surface area contributed by atoms with E-state index in [9.17, 15) is 13.2 Å². The lowest BCUT2D eigenvalue weighted by Gasteiger charge is -2.32. The van der Waals surface area contributed by atoms with Crippen LogP contribution in [0.2, 0.25) is 0 Å². The van der Waals surface area contributed by atoms with Crippen molar-refractivity contribution in [1.29, 1.82) is 0 Å². The summed E-state index contributed by atoms with van der Waals surface area (Å²) in [6.45, 7) is 5.89. The molecule has 2 nitrogen and oxygen atoms in total. The van der Waals surface area contributed by atoms with Crippen molar-refractivity contribution >= 4 is 0 Å². The Hall–Kier alpha value is -1.07. The van der Waals surface area contributed by atoms with Crippen LogP contribution in [0.1, 0.15) is 11.6 Å². The summed E-state index contributed by atoms with van der Waals surface area (Å²) in [5.41, 5.74) is -0.187. The first-order chi connectivity index (χ1) is 8.09. The smallest absolute Gasteiger partial charge is 0.133 e. The van der Waals surface area contributed by atoms with E-state index in [2.05, 4.69) is 6.92 Å². The zero-order valence-electron chi connectivity index (χ0n) is 9.26. The van der Waals surface area contributed by atoms with Crippen molar-refractivity contribution in [3.05, 3.63) is 42.1 Å². The molecule has 0 N–H and O–H groups in total. The van der Waals surface area contributed by atoms with Crippen LogP contribution in [0.15, 0.2) is 12.1 Å². The maximum Gasteiger partial charge on any atom is 0.133 e. The Morgan fingerprint density at radius 1 is 1.12 bits per heavy atom. The average Bonchev–Trinajstić information content (AvgIpc) is 2.28. The molecule has 0 bridgehead atoms. The molecular weight excluding hydrogens is 231 g/mol. The van der Waals surface area contributed by atoms with E-state index in [4.69, 9.17) is 4.74 Å². The molecular formula is C12H13F3NO. The van der Waals surface area contributed by atoms with Crippen molar-refractivity contribution in [2.75, 3.05) is 26.3 Å². The largest absolute Gasteiger partial charge is 0.379 e. The number of benzene rings is 1. The summed E-state index contributed by atoms with van der Waals surface area (Å²) < 4.78 is 45.0. The highest BCUT2D eigenvalue weighted by Gasteiger charge is 2.24. The van der Waals surface area contributed by atoms with Crippen LogP contribution in [-0.2, 0) is 4.74 Å². The van der Waals surface area contributed by atoms with Crippen LogP contribution in [-0.4, -0.2) is 31.2 Å². The number of morpholine rings is 1. The summed E-state index contributed by atoms with van der Waals surface area (Å²) >= 11 is 0. The van der Waals surface area contributed by atoms with Gasteiger partial charge < -0.3 is 4.74 Å². The van der Waals surface area contributed by atoms with Gasteiger partial charge in [-0.05, 0) is 6.92 Å². The third-order valence-electron chi connectivity index (χ3n) is 2.86. The van der Waals surface area contributed by atoms with Crippen LogP contribution in [0.4, 0.5) is 13.2 Å². The summed E-state index contributed by atoms with van der Waals surface area (Å²) in [6, 6.07) is 0.688. The van der Waals surface area contributed by atoms with Gasteiger partial charge in [0, 0.05) is 36.8 Å². The molecule has 0 aromatic heterocycles. The number of hydrogen-bond acceptors (Lipinski definition) is 2. The Morgan fingerprint density at radius 2 is 1.65 bits per heavy atom. The molecule has 5 heteroatoms. The van der Waals surface area contributed by atoms with Gasteiger partial charge in [-0.15, -0.1) is 0 Å². The molecule has 1 heterocycles. The molecule has 0 spiro atoms. The average molecular weight is 244 g/mol. The van der Waals surface area contributed by atoms with E-state index in [1.165, 1.54) is 0 Å². The predicted molar refractivity (Wildman–Crippen MR) is 56.8 cm³/mol. The SMILES string of the molecule is [CH2]C(c1c(F)cc(F)cc1F)N1CCOCC1. The summed E-state index contributed by atoms with van der Waals surface area (Å²) in [5, 5.41) is 0. The first-order valence-corrected chi connectivity index (χ1v) is 5.39. The lowest BCUT2D eigenvalue weighted by atomic mass is 10.0. The third-order valence-corrected chi connectivity index (χ3v) is 2.86. The zero-order valence-corrected chi connectivity index (χ0v) is 9.26. The minimum absolute atomic E-state index is 0.187. The molecule has 93 valence electrons. The summed E-state index contributed by atoms with van der Waals surface area (Å²) in [6.07, 6.45) is 0. The maximum absolute atomic E-state index is 13.5. The van der Waals surface area contributed by atoms with E-state index >= 15 is 0 Å². The maximum atomic E-state index is 13.5. The second kappa shape index (κ2) is 5.06. The highest BCUT2D eigenvalue weighted by Crippen LogP contribution is 2.26. The van der Waals surface area contributed by atoms with E-state index in [1.54, 1.807) is 0 Å². The third kappa shape index (κ3) is 2.61. The minimum atomic E-state index is -0.919. The van der Waals surface area contributed by atoms with E-state index in [0.29, 0.717) is 38.4 Å². The first-order valence-electron chi connectivity index (χ1n) is 5.39. The standard InChI is InChI=1S/C12H13F3NO/c1-8(16-2-4-17-5-3-16)12-10(14)6-9(13)7-11(12)15/h6-8H,1-5H2. The van der Waals surface area contributed by atoms with E-state index in [0.717, 1.165) is 0 Å². The van der Waals surface area contributed by atoms with Crippen LogP contribution in [0, 0.1) is 24.4 Å². The molecule has 0 amide bonds. The number of hydrogen-bond donors (Lipinski definition) is 0. The summed E-state index contributed by atoms with van der Waals surface area (Å²) in [4.78, 5) is 1.81. The van der Waals surface area contributed by atoms with Gasteiger partial charge in [0.05, 0.1) is 13.2 Å². The molecule has 0 aliphatic carbocycles. The van der Waals surface area contributed by atoms with Gasteiger partial charge in [0.2, 0.25) is 0 Å². The van der Waals surface area contributed by atoms with Crippen LogP contribution in [0.5, 0.6) is 0 Å². The van der Waals surface area contributed by atoms with Gasteiger partial charge in [-0.3, -0.25) is 4.90 Å². The molecule has 1 atom stereocenters. The summed E-state index contributed by atoms with van der Waals surface area (Å²) in [5.74, 6) is -2.71. The van der Waals surface area contributed by atoms with Gasteiger partial charge in [-0.1, -0.05) is 0 Å². The number of nitrogens with zero attached hydrogens (tertiary/aromatic N) is 1. The molecule has 1 aliphatic heterocycles. The van der Waals surface area contributed by atoms with Gasteiger partial charge >= 0.3 is 0 Å². The number of rotatable bonds is 2. The Balaban J connectivity index is 2.26. The van der Waals surface area contributed by atoms with Gasteiger partial charge in [-0.25, -0.2) is 13.2 Å². The van der Waals surface area contributed by atoms with E-state index < -0.39 is 23.5 Å². The monoisotopic (exact) mass is 244 g/mol. The molecule has 1 aliphatic rings. The predicted octanol–water partition coefficient (Wildman–Crippen LogP) is 2.31. The fourth-order valence-corrected chi connectivity index (χ4v) is 1.94. The first kappa shape index (κ1) is 12.4. The van der Waals surface area contributed by atoms with Gasteiger partial charge in [0.25, 0.3) is 0 Å². The fourth-order valence-electron chi connectivity index (χ4n) is 1.94. The van der Waals surface area contributed by atoms with E-state index in [1.807, 2.05) is 4.90 Å². The Morgan fingerprint density at radius 3 is 2.18 bits per heavy atom. The van der Waals surface area contributed by atoms with Gasteiger partial charge in [0.1, 0.15) is 17.5 Å². The molecule has 1 saturated heterocycles. The molecule has 1 fully saturated rings.